The Morgan fingerprint density at radius 2 is 1.80 bits per heavy atom. The minimum atomic E-state index is -0.526. The normalized spacial score (nSPS) is 14.1. The second-order valence-electron chi connectivity index (χ2n) is 5.26. The molecule has 20 heavy (non-hydrogen) atoms. The van der Waals surface area contributed by atoms with Crippen LogP contribution < -0.4 is 10.1 Å². The zero-order valence-electron chi connectivity index (χ0n) is 13.0. The summed E-state index contributed by atoms with van der Waals surface area (Å²) in [5.41, 5.74) is 2.33. The van der Waals surface area contributed by atoms with Crippen LogP contribution >= 0.6 is 0 Å². The highest BCUT2D eigenvalue weighted by molar-refractivity contribution is 5.32. The summed E-state index contributed by atoms with van der Waals surface area (Å²) in [7, 11) is 1.68. The van der Waals surface area contributed by atoms with Crippen LogP contribution in [0, 0.1) is 13.8 Å². The fourth-order valence-corrected chi connectivity index (χ4v) is 2.09. The lowest BCUT2D eigenvalue weighted by atomic mass is 10.1. The van der Waals surface area contributed by atoms with Crippen molar-refractivity contribution in [3.63, 3.8) is 0 Å². The third-order valence-electron chi connectivity index (χ3n) is 3.14. The largest absolute Gasteiger partial charge is 0.491 e. The lowest BCUT2D eigenvalue weighted by Crippen LogP contribution is -2.40. The number of rotatable bonds is 9. The van der Waals surface area contributed by atoms with Crippen LogP contribution in [0.25, 0.3) is 0 Å². The third-order valence-corrected chi connectivity index (χ3v) is 3.14. The first kappa shape index (κ1) is 17.0. The van der Waals surface area contributed by atoms with E-state index in [2.05, 4.69) is 18.3 Å². The Morgan fingerprint density at radius 3 is 2.35 bits per heavy atom. The summed E-state index contributed by atoms with van der Waals surface area (Å²) in [5, 5.41) is 13.2. The molecule has 4 heteroatoms. The van der Waals surface area contributed by atoms with E-state index in [-0.39, 0.29) is 6.04 Å². The number of aliphatic hydroxyl groups excluding tert-OH is 1. The van der Waals surface area contributed by atoms with Crippen molar-refractivity contribution in [2.45, 2.75) is 39.3 Å². The van der Waals surface area contributed by atoms with Crippen LogP contribution in [0.15, 0.2) is 18.2 Å². The van der Waals surface area contributed by atoms with Crippen molar-refractivity contribution in [2.75, 3.05) is 26.9 Å². The summed E-state index contributed by atoms with van der Waals surface area (Å²) in [6, 6.07) is 6.33. The molecule has 2 atom stereocenters. The van der Waals surface area contributed by atoms with Crippen molar-refractivity contribution in [1.29, 1.82) is 0 Å². The molecule has 1 aromatic rings. The second-order valence-corrected chi connectivity index (χ2v) is 5.26. The van der Waals surface area contributed by atoms with Gasteiger partial charge in [0.25, 0.3) is 0 Å². The molecule has 0 radical (unpaired) electrons. The monoisotopic (exact) mass is 281 g/mol. The van der Waals surface area contributed by atoms with Gasteiger partial charge in [0.05, 0.1) is 6.61 Å². The predicted octanol–water partition coefficient (Wildman–Crippen LogP) is 2.06. The first-order valence-electron chi connectivity index (χ1n) is 7.16. The van der Waals surface area contributed by atoms with E-state index in [1.54, 1.807) is 7.11 Å². The van der Waals surface area contributed by atoms with Crippen LogP contribution in [-0.2, 0) is 4.74 Å². The summed E-state index contributed by atoms with van der Waals surface area (Å²) in [6.07, 6.45) is 0.445. The summed E-state index contributed by atoms with van der Waals surface area (Å²) in [5.74, 6) is 0.811. The Bertz CT molecular complexity index is 375. The maximum atomic E-state index is 9.93. The molecular weight excluding hydrogens is 254 g/mol. The van der Waals surface area contributed by atoms with Gasteiger partial charge in [-0.1, -0.05) is 13.0 Å². The Labute approximate surface area is 122 Å². The van der Waals surface area contributed by atoms with E-state index in [0.717, 1.165) is 12.2 Å². The molecule has 0 bridgehead atoms. The summed E-state index contributed by atoms with van der Waals surface area (Å²) in [6.45, 7) is 7.62. The molecule has 1 rings (SSSR count). The molecule has 114 valence electrons. The molecule has 1 aromatic carbocycles. The van der Waals surface area contributed by atoms with E-state index < -0.39 is 6.10 Å². The van der Waals surface area contributed by atoms with E-state index in [9.17, 15) is 5.11 Å². The quantitative estimate of drug-likeness (QED) is 0.727. The molecule has 0 amide bonds. The van der Waals surface area contributed by atoms with Gasteiger partial charge in [-0.25, -0.2) is 0 Å². The van der Waals surface area contributed by atoms with Gasteiger partial charge in [-0.2, -0.15) is 0 Å². The van der Waals surface area contributed by atoms with Gasteiger partial charge in [-0.3, -0.25) is 0 Å². The number of ether oxygens (including phenoxy) is 2. The Balaban J connectivity index is 2.33. The number of nitrogens with one attached hydrogen (secondary N) is 1. The third kappa shape index (κ3) is 6.37. The molecule has 0 spiro atoms. The maximum absolute atomic E-state index is 9.93. The molecule has 4 nitrogen and oxygen atoms in total. The molecule has 0 aliphatic heterocycles. The highest BCUT2D eigenvalue weighted by Gasteiger charge is 2.10. The number of methoxy groups -OCH3 is 1. The highest BCUT2D eigenvalue weighted by Crippen LogP contribution is 2.16. The van der Waals surface area contributed by atoms with Crippen molar-refractivity contribution >= 4 is 0 Å². The molecule has 0 heterocycles. The highest BCUT2D eigenvalue weighted by atomic mass is 16.5. The average Bonchev–Trinajstić information content (AvgIpc) is 2.40. The standard InChI is InChI=1S/C16H27NO3/c1-5-14(10-19-4)17-9-15(18)11-20-16-7-12(2)6-13(3)8-16/h6-8,14-15,17-18H,5,9-11H2,1-4H3. The molecule has 2 unspecified atom stereocenters. The van der Waals surface area contributed by atoms with Crippen molar-refractivity contribution in [3.05, 3.63) is 29.3 Å². The summed E-state index contributed by atoms with van der Waals surface area (Å²) < 4.78 is 10.7. The summed E-state index contributed by atoms with van der Waals surface area (Å²) >= 11 is 0. The lowest BCUT2D eigenvalue weighted by molar-refractivity contribution is 0.0952. The van der Waals surface area contributed by atoms with Gasteiger partial charge >= 0.3 is 0 Å². The van der Waals surface area contributed by atoms with Crippen molar-refractivity contribution in [2.24, 2.45) is 0 Å². The van der Waals surface area contributed by atoms with E-state index >= 15 is 0 Å². The van der Waals surface area contributed by atoms with Crippen LogP contribution in [0.4, 0.5) is 0 Å². The molecule has 0 aliphatic carbocycles. The lowest BCUT2D eigenvalue weighted by Gasteiger charge is -2.19. The van der Waals surface area contributed by atoms with Crippen molar-refractivity contribution in [1.82, 2.24) is 5.32 Å². The topological polar surface area (TPSA) is 50.7 Å². The Kier molecular flexibility index (Phi) is 7.59. The average molecular weight is 281 g/mol. The molecule has 0 saturated carbocycles. The zero-order chi connectivity index (χ0) is 15.0. The van der Waals surface area contributed by atoms with Crippen LogP contribution in [0.3, 0.4) is 0 Å². The van der Waals surface area contributed by atoms with Gasteiger partial charge < -0.3 is 19.9 Å². The van der Waals surface area contributed by atoms with Crippen LogP contribution in [-0.4, -0.2) is 44.1 Å². The molecular formula is C16H27NO3. The molecule has 0 saturated heterocycles. The van der Waals surface area contributed by atoms with E-state index in [1.807, 2.05) is 26.0 Å². The maximum Gasteiger partial charge on any atom is 0.119 e. The number of aliphatic hydroxyl groups is 1. The van der Waals surface area contributed by atoms with Gasteiger partial charge in [0.2, 0.25) is 0 Å². The van der Waals surface area contributed by atoms with Crippen molar-refractivity contribution in [3.8, 4) is 5.75 Å². The van der Waals surface area contributed by atoms with Gasteiger partial charge in [0.1, 0.15) is 18.5 Å². The van der Waals surface area contributed by atoms with E-state index in [0.29, 0.717) is 19.8 Å². The SMILES string of the molecule is CCC(COC)NCC(O)COc1cc(C)cc(C)c1. The fourth-order valence-electron chi connectivity index (χ4n) is 2.09. The first-order valence-corrected chi connectivity index (χ1v) is 7.16. The second kappa shape index (κ2) is 8.95. The van der Waals surface area contributed by atoms with Crippen molar-refractivity contribution < 1.29 is 14.6 Å². The Hall–Kier alpha value is -1.10. The smallest absolute Gasteiger partial charge is 0.119 e. The van der Waals surface area contributed by atoms with Crippen LogP contribution in [0.1, 0.15) is 24.5 Å². The number of aryl methyl sites for hydroxylation is 2. The fraction of sp³-hybridized carbons (Fsp3) is 0.625. The van der Waals surface area contributed by atoms with Gasteiger partial charge in [0, 0.05) is 19.7 Å². The van der Waals surface area contributed by atoms with E-state index in [4.69, 9.17) is 9.47 Å². The number of hydrogen-bond donors (Lipinski definition) is 2. The van der Waals surface area contributed by atoms with Crippen LogP contribution in [0.5, 0.6) is 5.75 Å². The van der Waals surface area contributed by atoms with Crippen LogP contribution in [0.2, 0.25) is 0 Å². The van der Waals surface area contributed by atoms with Gasteiger partial charge in [0.15, 0.2) is 0 Å². The molecule has 0 aromatic heterocycles. The predicted molar refractivity (Wildman–Crippen MR) is 81.4 cm³/mol. The molecule has 0 aliphatic rings. The van der Waals surface area contributed by atoms with Gasteiger partial charge in [-0.05, 0) is 43.5 Å². The number of hydrogen-bond acceptors (Lipinski definition) is 4. The number of benzene rings is 1. The molecule has 2 N–H and O–H groups in total. The minimum absolute atomic E-state index is 0.274. The minimum Gasteiger partial charge on any atom is -0.491 e. The zero-order valence-corrected chi connectivity index (χ0v) is 13.0. The summed E-state index contributed by atoms with van der Waals surface area (Å²) in [4.78, 5) is 0. The van der Waals surface area contributed by atoms with Gasteiger partial charge in [-0.15, -0.1) is 0 Å². The first-order chi connectivity index (χ1) is 9.55. The Morgan fingerprint density at radius 1 is 1.15 bits per heavy atom. The molecule has 0 fully saturated rings. The van der Waals surface area contributed by atoms with E-state index in [1.165, 1.54) is 11.1 Å².